The van der Waals surface area contributed by atoms with Crippen LogP contribution in [0, 0.1) is 0 Å². The molecule has 3 aromatic carbocycles. The van der Waals surface area contributed by atoms with E-state index in [1.165, 1.54) is 12.7 Å². The van der Waals surface area contributed by atoms with E-state index in [-0.39, 0.29) is 12.6 Å². The minimum atomic E-state index is -0.392. The lowest BCUT2D eigenvalue weighted by molar-refractivity contribution is -0.142. The van der Waals surface area contributed by atoms with Gasteiger partial charge in [-0.3, -0.25) is 4.98 Å². The molecule has 176 valence electrons. The highest BCUT2D eigenvalue weighted by Gasteiger charge is 2.30. The van der Waals surface area contributed by atoms with Gasteiger partial charge in [-0.15, -0.1) is 0 Å². The minimum Gasteiger partial charge on any atom is -0.482 e. The summed E-state index contributed by atoms with van der Waals surface area (Å²) in [5.74, 6) is 1.15. The fraction of sp³-hybridized carbons (Fsp3) is 0.207. The summed E-state index contributed by atoms with van der Waals surface area (Å²) in [6.07, 6.45) is 3.64. The highest BCUT2D eigenvalue weighted by molar-refractivity contribution is 5.78. The van der Waals surface area contributed by atoms with E-state index in [9.17, 15) is 4.79 Å². The van der Waals surface area contributed by atoms with Crippen molar-refractivity contribution in [2.24, 2.45) is 0 Å². The number of ether oxygens (including phenoxy) is 2. The molecule has 0 fully saturated rings. The van der Waals surface area contributed by atoms with Crippen LogP contribution < -0.4 is 9.64 Å². The number of carbonyl (C=O) groups excluding carboxylic acids is 1. The Hall–Kier alpha value is -4.19. The van der Waals surface area contributed by atoms with Gasteiger partial charge in [-0.25, -0.2) is 9.78 Å². The molecule has 35 heavy (non-hydrogen) atoms. The second-order valence-corrected chi connectivity index (χ2v) is 8.51. The zero-order valence-corrected chi connectivity index (χ0v) is 19.8. The number of rotatable bonds is 7. The van der Waals surface area contributed by atoms with Gasteiger partial charge in [0.05, 0.1) is 30.7 Å². The topological polar surface area (TPSA) is 64.6 Å². The molecule has 0 N–H and O–H groups in total. The molecule has 6 nitrogen and oxygen atoms in total. The van der Waals surface area contributed by atoms with Crippen molar-refractivity contribution in [1.82, 2.24) is 9.97 Å². The van der Waals surface area contributed by atoms with Gasteiger partial charge in [-0.1, -0.05) is 72.8 Å². The Labute approximate surface area is 205 Å². The first kappa shape index (κ1) is 22.6. The Bertz CT molecular complexity index is 1330. The number of benzene rings is 3. The van der Waals surface area contributed by atoms with E-state index in [0.29, 0.717) is 0 Å². The fourth-order valence-corrected chi connectivity index (χ4v) is 4.65. The molecule has 0 saturated heterocycles. The maximum Gasteiger partial charge on any atom is 0.343 e. The molecule has 1 atom stereocenters. The largest absolute Gasteiger partial charge is 0.482 e. The zero-order chi connectivity index (χ0) is 24.2. The molecule has 0 amide bonds. The van der Waals surface area contributed by atoms with Crippen LogP contribution in [0.2, 0.25) is 0 Å². The van der Waals surface area contributed by atoms with Gasteiger partial charge >= 0.3 is 5.97 Å². The van der Waals surface area contributed by atoms with Crippen molar-refractivity contribution >= 4 is 11.8 Å². The quantitative estimate of drug-likeness (QED) is 0.337. The lowest BCUT2D eigenvalue weighted by Gasteiger charge is -2.27. The van der Waals surface area contributed by atoms with E-state index in [1.807, 2.05) is 54.7 Å². The number of nitrogens with zero attached hydrogens (tertiary/aromatic N) is 3. The molecular formula is C29H27N3O3. The predicted octanol–water partition coefficient (Wildman–Crippen LogP) is 5.49. The molecule has 1 aliphatic rings. The van der Waals surface area contributed by atoms with Crippen LogP contribution in [0.4, 0.5) is 5.82 Å². The van der Waals surface area contributed by atoms with Crippen molar-refractivity contribution in [2.45, 2.75) is 18.9 Å². The van der Waals surface area contributed by atoms with E-state index in [1.54, 1.807) is 0 Å². The monoisotopic (exact) mass is 465 g/mol. The van der Waals surface area contributed by atoms with Crippen molar-refractivity contribution in [2.75, 3.05) is 25.7 Å². The average Bonchev–Trinajstić information content (AvgIpc) is 3.37. The zero-order valence-electron chi connectivity index (χ0n) is 19.8. The van der Waals surface area contributed by atoms with Crippen LogP contribution in [0.25, 0.3) is 22.5 Å². The molecule has 0 aliphatic heterocycles. The number of carbonyl (C=O) groups is 1. The van der Waals surface area contributed by atoms with Crippen molar-refractivity contribution in [3.8, 4) is 28.3 Å². The van der Waals surface area contributed by atoms with Gasteiger partial charge in [0.1, 0.15) is 11.6 Å². The molecule has 0 bridgehead atoms. The third kappa shape index (κ3) is 4.60. The van der Waals surface area contributed by atoms with E-state index >= 15 is 0 Å². The Kier molecular flexibility index (Phi) is 6.44. The first-order chi connectivity index (χ1) is 17.2. The van der Waals surface area contributed by atoms with Crippen molar-refractivity contribution < 1.29 is 14.3 Å². The summed E-state index contributed by atoms with van der Waals surface area (Å²) in [7, 11) is 3.42. The Morgan fingerprint density at radius 2 is 1.63 bits per heavy atom. The smallest absolute Gasteiger partial charge is 0.343 e. The predicted molar refractivity (Wildman–Crippen MR) is 136 cm³/mol. The van der Waals surface area contributed by atoms with E-state index in [2.05, 4.69) is 42.3 Å². The lowest BCUT2D eigenvalue weighted by atomic mass is 10.0. The molecule has 1 heterocycles. The van der Waals surface area contributed by atoms with E-state index < -0.39 is 5.97 Å². The second kappa shape index (κ2) is 9.97. The first-order valence-corrected chi connectivity index (χ1v) is 11.7. The normalized spacial score (nSPS) is 14.3. The van der Waals surface area contributed by atoms with Crippen LogP contribution in [0.3, 0.4) is 0 Å². The Balaban J connectivity index is 1.49. The molecule has 5 rings (SSSR count). The summed E-state index contributed by atoms with van der Waals surface area (Å²) in [6, 6.07) is 26.5. The Morgan fingerprint density at radius 1 is 0.943 bits per heavy atom. The summed E-state index contributed by atoms with van der Waals surface area (Å²) >= 11 is 0. The highest BCUT2D eigenvalue weighted by atomic mass is 16.6. The van der Waals surface area contributed by atoms with E-state index in [4.69, 9.17) is 19.4 Å². The third-order valence-electron chi connectivity index (χ3n) is 6.45. The average molecular weight is 466 g/mol. The van der Waals surface area contributed by atoms with Gasteiger partial charge < -0.3 is 14.4 Å². The molecule has 1 unspecified atom stereocenters. The van der Waals surface area contributed by atoms with E-state index in [0.717, 1.165) is 52.5 Å². The van der Waals surface area contributed by atoms with Crippen LogP contribution in [0.1, 0.15) is 23.6 Å². The molecule has 0 saturated carbocycles. The van der Waals surface area contributed by atoms with Crippen LogP contribution in [0.5, 0.6) is 5.75 Å². The maximum absolute atomic E-state index is 11.6. The number of hydrogen-bond donors (Lipinski definition) is 0. The van der Waals surface area contributed by atoms with Gasteiger partial charge in [0.25, 0.3) is 0 Å². The standard InChI is InChI=1S/C29H27N3O3/c1-32(24-17-16-23-22(24)14-9-15-25(23)35-19-27(33)34-2)26-18-30-28(20-10-5-3-6-11-20)29(31-26)21-12-7-4-8-13-21/h3-15,18,24H,16-17,19H2,1-2H3. The van der Waals surface area contributed by atoms with Gasteiger partial charge in [-0.05, 0) is 30.0 Å². The third-order valence-corrected chi connectivity index (χ3v) is 6.45. The fourth-order valence-electron chi connectivity index (χ4n) is 4.65. The molecule has 1 aromatic heterocycles. The number of esters is 1. The van der Waals surface area contributed by atoms with Gasteiger partial charge in [0.2, 0.25) is 0 Å². The van der Waals surface area contributed by atoms with Crippen LogP contribution in [-0.2, 0) is 16.0 Å². The van der Waals surface area contributed by atoms with Crippen LogP contribution in [0.15, 0.2) is 85.1 Å². The molecule has 0 spiro atoms. The van der Waals surface area contributed by atoms with Gasteiger partial charge in [0.15, 0.2) is 6.61 Å². The number of anilines is 1. The molecule has 0 radical (unpaired) electrons. The van der Waals surface area contributed by atoms with Gasteiger partial charge in [-0.2, -0.15) is 0 Å². The minimum absolute atomic E-state index is 0.0969. The number of aromatic nitrogens is 2. The molecular weight excluding hydrogens is 438 g/mol. The van der Waals surface area contributed by atoms with Crippen molar-refractivity contribution in [1.29, 1.82) is 0 Å². The summed E-state index contributed by atoms with van der Waals surface area (Å²) < 4.78 is 10.5. The first-order valence-electron chi connectivity index (χ1n) is 11.7. The van der Waals surface area contributed by atoms with Crippen LogP contribution >= 0.6 is 0 Å². The number of methoxy groups -OCH3 is 1. The molecule has 4 aromatic rings. The SMILES string of the molecule is COC(=O)COc1cccc2c1CCC2N(C)c1cnc(-c2ccccc2)c(-c2ccccc2)n1. The second-order valence-electron chi connectivity index (χ2n) is 8.51. The molecule has 1 aliphatic carbocycles. The van der Waals surface area contributed by atoms with Crippen LogP contribution in [-0.4, -0.2) is 36.7 Å². The maximum atomic E-state index is 11.6. The summed E-state index contributed by atoms with van der Waals surface area (Å²) in [5.41, 5.74) is 6.09. The molecule has 6 heteroatoms. The highest BCUT2D eigenvalue weighted by Crippen LogP contribution is 2.41. The Morgan fingerprint density at radius 3 is 2.31 bits per heavy atom. The van der Waals surface area contributed by atoms with Crippen molar-refractivity contribution in [3.05, 3.63) is 96.2 Å². The number of hydrogen-bond acceptors (Lipinski definition) is 6. The van der Waals surface area contributed by atoms with Gasteiger partial charge in [0, 0.05) is 18.2 Å². The lowest BCUT2D eigenvalue weighted by Crippen LogP contribution is -2.23. The summed E-state index contributed by atoms with van der Waals surface area (Å²) in [4.78, 5) is 23.7. The summed E-state index contributed by atoms with van der Waals surface area (Å²) in [6.45, 7) is -0.0969. The van der Waals surface area contributed by atoms with Crippen molar-refractivity contribution in [3.63, 3.8) is 0 Å². The number of fused-ring (bicyclic) bond motifs is 1. The summed E-state index contributed by atoms with van der Waals surface area (Å²) in [5, 5.41) is 0.